The molecule has 4 nitrogen and oxygen atoms in total. The van der Waals surface area contributed by atoms with E-state index in [0.717, 1.165) is 10.8 Å². The Balaban J connectivity index is 2.61. The summed E-state index contributed by atoms with van der Waals surface area (Å²) in [5, 5.41) is 6.78. The van der Waals surface area contributed by atoms with Gasteiger partial charge >= 0.3 is 0 Å². The van der Waals surface area contributed by atoms with E-state index in [-0.39, 0.29) is 5.75 Å². The first kappa shape index (κ1) is 10.1. The van der Waals surface area contributed by atoms with Crippen LogP contribution in [-0.2, 0) is 15.8 Å². The second kappa shape index (κ2) is 3.60. The number of nitrogens with zero attached hydrogens (tertiary/aromatic N) is 1. The minimum absolute atomic E-state index is 0.228. The fourth-order valence-corrected chi connectivity index (χ4v) is 2.10. The Morgan fingerprint density at radius 3 is 2.67 bits per heavy atom. The van der Waals surface area contributed by atoms with Crippen molar-refractivity contribution in [3.8, 4) is 0 Å². The van der Waals surface area contributed by atoms with Crippen LogP contribution in [0.3, 0.4) is 0 Å². The molecule has 2 rings (SSSR count). The summed E-state index contributed by atoms with van der Waals surface area (Å²) < 4.78 is 22.0. The molecule has 1 aromatic heterocycles. The molecular formula is C10H10N2O2S. The minimum Gasteiger partial charge on any atom is -0.260 e. The number of nitrogens with two attached hydrogens (primary N) is 1. The molecule has 0 bridgehead atoms. The van der Waals surface area contributed by atoms with Gasteiger partial charge in [0.2, 0.25) is 10.0 Å². The van der Waals surface area contributed by atoms with Gasteiger partial charge in [-0.1, -0.05) is 24.3 Å². The number of primary sulfonamides is 1. The molecule has 2 N–H and O–H groups in total. The third kappa shape index (κ3) is 2.31. The molecule has 5 heteroatoms. The molecule has 0 aliphatic rings. The van der Waals surface area contributed by atoms with E-state index < -0.39 is 10.0 Å². The Bertz CT molecular complexity index is 588. The lowest BCUT2D eigenvalue weighted by Gasteiger charge is -2.03. The Hall–Kier alpha value is -1.46. The third-order valence-corrected chi connectivity index (χ3v) is 2.77. The van der Waals surface area contributed by atoms with Crippen molar-refractivity contribution in [1.82, 2.24) is 4.98 Å². The van der Waals surface area contributed by atoms with Crippen molar-refractivity contribution in [2.24, 2.45) is 5.14 Å². The standard InChI is InChI=1S/C10H10N2O2S/c11-15(13,14)7-10-9-4-2-1-3-8(9)5-6-12-10/h1-6H,7H2,(H2,11,13,14). The molecule has 1 heterocycles. The zero-order valence-electron chi connectivity index (χ0n) is 7.92. The normalized spacial score (nSPS) is 11.8. The highest BCUT2D eigenvalue weighted by Crippen LogP contribution is 2.17. The monoisotopic (exact) mass is 222 g/mol. The van der Waals surface area contributed by atoms with Gasteiger partial charge in [-0.25, -0.2) is 13.6 Å². The van der Waals surface area contributed by atoms with Crippen LogP contribution in [0.15, 0.2) is 36.5 Å². The highest BCUT2D eigenvalue weighted by Gasteiger charge is 2.09. The summed E-state index contributed by atoms with van der Waals surface area (Å²) in [6.45, 7) is 0. The van der Waals surface area contributed by atoms with E-state index in [0.29, 0.717) is 5.69 Å². The van der Waals surface area contributed by atoms with E-state index in [2.05, 4.69) is 4.98 Å². The summed E-state index contributed by atoms with van der Waals surface area (Å²) in [7, 11) is -3.53. The summed E-state index contributed by atoms with van der Waals surface area (Å²) >= 11 is 0. The second-order valence-corrected chi connectivity index (χ2v) is 4.90. The number of sulfonamides is 1. The predicted molar refractivity (Wildman–Crippen MR) is 58.6 cm³/mol. The van der Waals surface area contributed by atoms with Gasteiger partial charge in [-0.05, 0) is 11.5 Å². The van der Waals surface area contributed by atoms with Crippen LogP contribution in [0.2, 0.25) is 0 Å². The van der Waals surface area contributed by atoms with Crippen LogP contribution < -0.4 is 5.14 Å². The molecule has 0 fully saturated rings. The smallest absolute Gasteiger partial charge is 0.214 e. The zero-order chi connectivity index (χ0) is 10.9. The molecular weight excluding hydrogens is 212 g/mol. The van der Waals surface area contributed by atoms with Crippen LogP contribution in [0.4, 0.5) is 0 Å². The molecule has 2 aromatic rings. The maximum atomic E-state index is 11.0. The van der Waals surface area contributed by atoms with Gasteiger partial charge < -0.3 is 0 Å². The molecule has 1 aromatic carbocycles. The summed E-state index contributed by atoms with van der Waals surface area (Å²) in [4.78, 5) is 4.03. The molecule has 0 unspecified atom stereocenters. The van der Waals surface area contributed by atoms with Gasteiger partial charge in [-0.15, -0.1) is 0 Å². The maximum Gasteiger partial charge on any atom is 0.214 e. The molecule has 0 aliphatic heterocycles. The summed E-state index contributed by atoms with van der Waals surface area (Å²) in [5.41, 5.74) is 0.496. The van der Waals surface area contributed by atoms with Crippen molar-refractivity contribution in [2.45, 2.75) is 5.75 Å². The van der Waals surface area contributed by atoms with E-state index in [1.165, 1.54) is 0 Å². The molecule has 0 amide bonds. The molecule has 0 saturated carbocycles. The first-order valence-electron chi connectivity index (χ1n) is 4.39. The van der Waals surface area contributed by atoms with Gasteiger partial charge in [0.1, 0.15) is 5.75 Å². The number of hydrogen-bond acceptors (Lipinski definition) is 3. The van der Waals surface area contributed by atoms with Gasteiger partial charge in [-0.2, -0.15) is 0 Å². The van der Waals surface area contributed by atoms with Crippen molar-refractivity contribution >= 4 is 20.8 Å². The summed E-state index contributed by atoms with van der Waals surface area (Å²) in [6.07, 6.45) is 1.59. The molecule has 0 atom stereocenters. The number of aromatic nitrogens is 1. The van der Waals surface area contributed by atoms with Crippen molar-refractivity contribution in [3.05, 3.63) is 42.2 Å². The number of benzene rings is 1. The number of pyridine rings is 1. The lowest BCUT2D eigenvalue weighted by atomic mass is 10.1. The Morgan fingerprint density at radius 1 is 1.20 bits per heavy atom. The quantitative estimate of drug-likeness (QED) is 0.824. The third-order valence-electron chi connectivity index (χ3n) is 2.09. The fraction of sp³-hybridized carbons (Fsp3) is 0.100. The second-order valence-electron chi connectivity index (χ2n) is 3.29. The fourth-order valence-electron chi connectivity index (χ4n) is 1.49. The van der Waals surface area contributed by atoms with Gasteiger partial charge in [0.25, 0.3) is 0 Å². The molecule has 0 spiro atoms. The first-order chi connectivity index (χ1) is 7.06. The van der Waals surface area contributed by atoms with E-state index in [4.69, 9.17) is 5.14 Å². The van der Waals surface area contributed by atoms with Crippen LogP contribution in [0.5, 0.6) is 0 Å². The van der Waals surface area contributed by atoms with Gasteiger partial charge in [0, 0.05) is 11.6 Å². The summed E-state index contributed by atoms with van der Waals surface area (Å²) in [6, 6.07) is 9.31. The van der Waals surface area contributed by atoms with Crippen LogP contribution in [0.1, 0.15) is 5.69 Å². The van der Waals surface area contributed by atoms with Crippen molar-refractivity contribution < 1.29 is 8.42 Å². The minimum atomic E-state index is -3.53. The van der Waals surface area contributed by atoms with Crippen LogP contribution in [-0.4, -0.2) is 13.4 Å². The molecule has 0 aliphatic carbocycles. The highest BCUT2D eigenvalue weighted by atomic mass is 32.2. The van der Waals surface area contributed by atoms with E-state index in [9.17, 15) is 8.42 Å². The Labute approximate surface area is 87.8 Å². The maximum absolute atomic E-state index is 11.0. The SMILES string of the molecule is NS(=O)(=O)Cc1nccc2ccccc12. The largest absolute Gasteiger partial charge is 0.260 e. The number of fused-ring (bicyclic) bond motifs is 1. The predicted octanol–water partition coefficient (Wildman–Crippen LogP) is 1.02. The molecule has 78 valence electrons. The average molecular weight is 222 g/mol. The number of hydrogen-bond donors (Lipinski definition) is 1. The lowest BCUT2D eigenvalue weighted by molar-refractivity contribution is 0.596. The number of rotatable bonds is 2. The average Bonchev–Trinajstić information content (AvgIpc) is 2.16. The zero-order valence-corrected chi connectivity index (χ0v) is 8.74. The first-order valence-corrected chi connectivity index (χ1v) is 6.11. The van der Waals surface area contributed by atoms with Gasteiger partial charge in [0.05, 0.1) is 5.69 Å². The molecule has 0 saturated heterocycles. The van der Waals surface area contributed by atoms with Crippen LogP contribution in [0, 0.1) is 0 Å². The Morgan fingerprint density at radius 2 is 1.93 bits per heavy atom. The lowest BCUT2D eigenvalue weighted by Crippen LogP contribution is -2.15. The van der Waals surface area contributed by atoms with Crippen LogP contribution in [0.25, 0.3) is 10.8 Å². The van der Waals surface area contributed by atoms with Gasteiger partial charge in [0.15, 0.2) is 0 Å². The van der Waals surface area contributed by atoms with Crippen LogP contribution >= 0.6 is 0 Å². The van der Waals surface area contributed by atoms with E-state index in [1.807, 2.05) is 30.3 Å². The highest BCUT2D eigenvalue weighted by molar-refractivity contribution is 7.88. The van der Waals surface area contributed by atoms with Gasteiger partial charge in [-0.3, -0.25) is 4.98 Å². The summed E-state index contributed by atoms with van der Waals surface area (Å²) in [5.74, 6) is -0.228. The topological polar surface area (TPSA) is 73.1 Å². The molecule has 0 radical (unpaired) electrons. The van der Waals surface area contributed by atoms with E-state index >= 15 is 0 Å². The van der Waals surface area contributed by atoms with Crippen molar-refractivity contribution in [1.29, 1.82) is 0 Å². The van der Waals surface area contributed by atoms with Crippen molar-refractivity contribution in [3.63, 3.8) is 0 Å². The Kier molecular flexibility index (Phi) is 2.42. The molecule has 15 heavy (non-hydrogen) atoms. The van der Waals surface area contributed by atoms with E-state index in [1.54, 1.807) is 6.20 Å². The van der Waals surface area contributed by atoms with Crippen molar-refractivity contribution in [2.75, 3.05) is 0 Å².